The molecule has 0 fully saturated rings. The zero-order chi connectivity index (χ0) is 24.9. The van der Waals surface area contributed by atoms with E-state index in [9.17, 15) is 24.0 Å². The highest BCUT2D eigenvalue weighted by Gasteiger charge is 2.48. The van der Waals surface area contributed by atoms with E-state index in [-0.39, 0.29) is 0 Å². The molecule has 2 aromatic rings. The van der Waals surface area contributed by atoms with Crippen molar-refractivity contribution >= 4 is 38.7 Å². The van der Waals surface area contributed by atoms with Crippen molar-refractivity contribution in [3.63, 3.8) is 0 Å². The van der Waals surface area contributed by atoms with E-state index in [1.165, 1.54) is 0 Å². The molecule has 2 aromatic carbocycles. The fourth-order valence-electron chi connectivity index (χ4n) is 2.11. The maximum atomic E-state index is 11.5. The van der Waals surface area contributed by atoms with Crippen LogP contribution < -0.4 is 0 Å². The highest BCUT2D eigenvalue weighted by molar-refractivity contribution is 6.70. The molecule has 0 N–H and O–H groups in total. The van der Waals surface area contributed by atoms with Crippen LogP contribution in [0.1, 0.15) is 41.5 Å². The Morgan fingerprint density at radius 3 is 1.18 bits per heavy atom. The van der Waals surface area contributed by atoms with Crippen molar-refractivity contribution < 1.29 is 47.0 Å². The van der Waals surface area contributed by atoms with Crippen molar-refractivity contribution in [3.05, 3.63) is 84.1 Å². The maximum absolute atomic E-state index is 11.5. The van der Waals surface area contributed by atoms with Crippen molar-refractivity contribution in [3.8, 4) is 0 Å². The summed E-state index contributed by atoms with van der Waals surface area (Å²) in [6.45, 7) is 6.65. The lowest BCUT2D eigenvalue weighted by atomic mass is 10.2. The summed E-state index contributed by atoms with van der Waals surface area (Å²) in [5.74, 6) is -3.57. The van der Waals surface area contributed by atoms with E-state index in [1.54, 1.807) is 60.7 Å². The Bertz CT molecular complexity index is 896. The first-order valence-electron chi connectivity index (χ1n) is 9.34. The van der Waals surface area contributed by atoms with Crippen LogP contribution in [0.25, 0.3) is 0 Å². The predicted molar refractivity (Wildman–Crippen MR) is 115 cm³/mol. The molecule has 0 saturated carbocycles. The standard InChI is InChI=1S/C14H10O4.C8H12O6Si/c15-13(11-7-3-1-4-8-11)17-18-14(16)12-9-5-2-6-10-12;1-5-15(12-6(2)9,13-7(3)10)14-8(4)11/h1-10H;5H,1H2,2-4H3. The van der Waals surface area contributed by atoms with Crippen LogP contribution in [-0.4, -0.2) is 38.7 Å². The first kappa shape index (κ1) is 26.8. The molecule has 174 valence electrons. The third-order valence-corrected chi connectivity index (χ3v) is 5.54. The van der Waals surface area contributed by atoms with Crippen molar-refractivity contribution in [2.45, 2.75) is 20.8 Å². The predicted octanol–water partition coefficient (Wildman–Crippen LogP) is 2.96. The molecule has 11 heteroatoms. The molecule has 0 atom stereocenters. The lowest BCUT2D eigenvalue weighted by Gasteiger charge is -2.22. The van der Waals surface area contributed by atoms with Crippen LogP contribution in [0.5, 0.6) is 0 Å². The van der Waals surface area contributed by atoms with Gasteiger partial charge in [-0.1, -0.05) is 43.0 Å². The first-order valence-corrected chi connectivity index (χ1v) is 11.1. The van der Waals surface area contributed by atoms with Gasteiger partial charge in [0.25, 0.3) is 17.9 Å². The van der Waals surface area contributed by atoms with Gasteiger partial charge < -0.3 is 13.3 Å². The maximum Gasteiger partial charge on any atom is 0.734 e. The largest absolute Gasteiger partial charge is 0.734 e. The number of rotatable bonds is 6. The van der Waals surface area contributed by atoms with E-state index < -0.39 is 38.7 Å². The summed E-state index contributed by atoms with van der Waals surface area (Å²) in [4.78, 5) is 64.2. The minimum Gasteiger partial charge on any atom is -0.452 e. The number of carbonyl (C=O) groups excluding carboxylic acids is 5. The quantitative estimate of drug-likeness (QED) is 0.350. The Morgan fingerprint density at radius 2 is 0.939 bits per heavy atom. The van der Waals surface area contributed by atoms with E-state index in [1.807, 2.05) is 0 Å². The minimum absolute atomic E-state index is 0.318. The monoisotopic (exact) mass is 474 g/mol. The summed E-state index contributed by atoms with van der Waals surface area (Å²) in [5, 5.41) is 0. The van der Waals surface area contributed by atoms with Gasteiger partial charge in [0.2, 0.25) is 0 Å². The van der Waals surface area contributed by atoms with Gasteiger partial charge in [0.1, 0.15) is 0 Å². The Morgan fingerprint density at radius 1 is 0.636 bits per heavy atom. The topological polar surface area (TPSA) is 132 Å². The molecule has 0 saturated heterocycles. The average molecular weight is 474 g/mol. The molecule has 10 nitrogen and oxygen atoms in total. The fourth-order valence-corrected chi connectivity index (χ4v) is 3.69. The summed E-state index contributed by atoms with van der Waals surface area (Å²) in [7, 11) is -3.74. The van der Waals surface area contributed by atoms with Crippen LogP contribution in [-0.2, 0) is 37.4 Å². The van der Waals surface area contributed by atoms with Gasteiger partial charge in [-0.15, -0.1) is 0 Å². The van der Waals surface area contributed by atoms with Crippen LogP contribution in [0.3, 0.4) is 0 Å². The summed E-state index contributed by atoms with van der Waals surface area (Å²) in [6, 6.07) is 16.6. The van der Waals surface area contributed by atoms with Crippen LogP contribution in [0.4, 0.5) is 0 Å². The van der Waals surface area contributed by atoms with Crippen molar-refractivity contribution in [2.75, 3.05) is 0 Å². The van der Waals surface area contributed by atoms with E-state index in [2.05, 4.69) is 16.4 Å². The number of hydrogen-bond acceptors (Lipinski definition) is 10. The lowest BCUT2D eigenvalue weighted by molar-refractivity contribution is -0.187. The Hall–Kier alpha value is -4.25. The fraction of sp³-hybridized carbons (Fsp3) is 0.136. The molecule has 0 aliphatic heterocycles. The average Bonchev–Trinajstić information content (AvgIpc) is 2.77. The molecule has 0 aromatic heterocycles. The van der Waals surface area contributed by atoms with Gasteiger partial charge in [-0.25, -0.2) is 19.4 Å². The minimum atomic E-state index is -3.74. The third kappa shape index (κ3) is 10.1. The molecule has 0 radical (unpaired) electrons. The highest BCUT2D eigenvalue weighted by Crippen LogP contribution is 2.12. The second-order valence-electron chi connectivity index (χ2n) is 6.06. The zero-order valence-corrected chi connectivity index (χ0v) is 19.1. The molecule has 0 bridgehead atoms. The van der Waals surface area contributed by atoms with Crippen molar-refractivity contribution in [1.82, 2.24) is 0 Å². The van der Waals surface area contributed by atoms with Gasteiger partial charge in [-0.2, -0.15) is 0 Å². The molecular weight excluding hydrogens is 452 g/mol. The molecular formula is C22H22O10Si. The van der Waals surface area contributed by atoms with E-state index >= 15 is 0 Å². The Balaban J connectivity index is 0.000000337. The Kier molecular flexibility index (Phi) is 10.7. The van der Waals surface area contributed by atoms with Crippen LogP contribution in [0.15, 0.2) is 72.9 Å². The summed E-state index contributed by atoms with van der Waals surface area (Å²) in [6.07, 6.45) is 0. The van der Waals surface area contributed by atoms with E-state index in [0.29, 0.717) is 11.1 Å². The summed E-state index contributed by atoms with van der Waals surface area (Å²) in [5.41, 5.74) is 1.67. The number of benzene rings is 2. The van der Waals surface area contributed by atoms with Crippen LogP contribution >= 0.6 is 0 Å². The summed E-state index contributed by atoms with van der Waals surface area (Å²) >= 11 is 0. The van der Waals surface area contributed by atoms with Gasteiger partial charge in [-0.3, -0.25) is 14.4 Å². The van der Waals surface area contributed by atoms with E-state index in [0.717, 1.165) is 26.5 Å². The van der Waals surface area contributed by atoms with Gasteiger partial charge in [0.15, 0.2) is 0 Å². The zero-order valence-electron chi connectivity index (χ0n) is 18.1. The lowest BCUT2D eigenvalue weighted by Crippen LogP contribution is -2.47. The molecule has 0 unspecified atom stereocenters. The normalized spacial score (nSPS) is 9.79. The molecule has 0 amide bonds. The van der Waals surface area contributed by atoms with Gasteiger partial charge in [-0.05, 0) is 24.3 Å². The molecule has 0 heterocycles. The van der Waals surface area contributed by atoms with Gasteiger partial charge >= 0.3 is 20.7 Å². The third-order valence-electron chi connectivity index (χ3n) is 3.32. The molecule has 33 heavy (non-hydrogen) atoms. The van der Waals surface area contributed by atoms with Gasteiger partial charge in [0, 0.05) is 26.5 Å². The highest BCUT2D eigenvalue weighted by atomic mass is 28.4. The van der Waals surface area contributed by atoms with Crippen molar-refractivity contribution in [2.24, 2.45) is 0 Å². The SMILES string of the molecule is C=C[Si](OC(C)=O)(OC(C)=O)OC(C)=O.O=C(OOC(=O)c1ccccc1)c1ccccc1. The second kappa shape index (κ2) is 13.2. The van der Waals surface area contributed by atoms with Crippen LogP contribution in [0.2, 0.25) is 0 Å². The van der Waals surface area contributed by atoms with E-state index in [4.69, 9.17) is 13.3 Å². The number of carbonyl (C=O) groups is 5. The smallest absolute Gasteiger partial charge is 0.452 e. The second-order valence-corrected chi connectivity index (χ2v) is 8.29. The summed E-state index contributed by atoms with van der Waals surface area (Å²) < 4.78 is 14.1. The van der Waals surface area contributed by atoms with Crippen LogP contribution in [0, 0.1) is 0 Å². The molecule has 0 aliphatic rings. The van der Waals surface area contributed by atoms with Crippen molar-refractivity contribution in [1.29, 1.82) is 0 Å². The molecule has 0 spiro atoms. The molecule has 0 aliphatic carbocycles. The number of hydrogen-bond donors (Lipinski definition) is 0. The molecule has 2 rings (SSSR count). The van der Waals surface area contributed by atoms with Gasteiger partial charge in [0.05, 0.1) is 11.1 Å². The Labute approximate surface area is 191 Å². The first-order chi connectivity index (χ1) is 15.6.